The number of ether oxygens (including phenoxy) is 1. The van der Waals surface area contributed by atoms with Crippen LogP contribution in [0.4, 0.5) is 0 Å². The topological polar surface area (TPSA) is 60.0 Å². The molecule has 0 saturated carbocycles. The van der Waals surface area contributed by atoms with Gasteiger partial charge in [-0.3, -0.25) is 4.99 Å². The van der Waals surface area contributed by atoms with E-state index >= 15 is 0 Å². The summed E-state index contributed by atoms with van der Waals surface area (Å²) in [5.74, 6) is 1.79. The summed E-state index contributed by atoms with van der Waals surface area (Å²) in [6.07, 6.45) is 6.85. The SMILES string of the molecule is C=C/C(=C\C=C1/COc2cccc(-c3ccccc3)c21)C(=NCc1ccc2c(c1)Cc1ccccc1-2)N=C(N)c1ccc(-c2ccccc2)cc1. The van der Waals surface area contributed by atoms with Crippen molar-refractivity contribution >= 4 is 17.2 Å². The predicted octanol–water partition coefficient (Wildman–Crippen LogP) is 10.5. The molecule has 4 nitrogen and oxygen atoms in total. The molecule has 0 radical (unpaired) electrons. The van der Waals surface area contributed by atoms with Gasteiger partial charge in [0.2, 0.25) is 0 Å². The third-order valence-corrected chi connectivity index (χ3v) is 9.54. The van der Waals surface area contributed by atoms with Crippen molar-refractivity contribution in [1.82, 2.24) is 0 Å². The Morgan fingerprint density at radius 1 is 0.686 bits per heavy atom. The van der Waals surface area contributed by atoms with E-state index in [0.29, 0.717) is 24.8 Å². The van der Waals surface area contributed by atoms with Crippen LogP contribution in [0.15, 0.2) is 186 Å². The number of nitrogens with zero attached hydrogens (tertiary/aromatic N) is 2. The highest BCUT2D eigenvalue weighted by molar-refractivity contribution is 6.12. The molecule has 0 spiro atoms. The van der Waals surface area contributed by atoms with Crippen molar-refractivity contribution < 1.29 is 4.74 Å². The molecule has 6 aromatic carbocycles. The molecule has 51 heavy (non-hydrogen) atoms. The fourth-order valence-corrected chi connectivity index (χ4v) is 6.92. The van der Waals surface area contributed by atoms with Crippen molar-refractivity contribution in [2.24, 2.45) is 15.7 Å². The van der Waals surface area contributed by atoms with Crippen LogP contribution in [0.3, 0.4) is 0 Å². The van der Waals surface area contributed by atoms with E-state index in [2.05, 4.69) is 110 Å². The van der Waals surface area contributed by atoms with Gasteiger partial charge in [-0.2, -0.15) is 0 Å². The van der Waals surface area contributed by atoms with E-state index in [0.717, 1.165) is 62.3 Å². The normalized spacial score (nSPS) is 14.5. The van der Waals surface area contributed by atoms with Crippen molar-refractivity contribution in [1.29, 1.82) is 0 Å². The maximum atomic E-state index is 6.71. The van der Waals surface area contributed by atoms with Crippen molar-refractivity contribution in [3.63, 3.8) is 0 Å². The summed E-state index contributed by atoms with van der Waals surface area (Å²) in [7, 11) is 0. The van der Waals surface area contributed by atoms with Crippen LogP contribution in [-0.2, 0) is 13.0 Å². The Bertz CT molecular complexity index is 2370. The Kier molecular flexibility index (Phi) is 8.80. The molecule has 0 fully saturated rings. The molecule has 1 heterocycles. The molecule has 2 aliphatic rings. The van der Waals surface area contributed by atoms with Crippen LogP contribution in [0, 0.1) is 0 Å². The van der Waals surface area contributed by atoms with Gasteiger partial charge >= 0.3 is 0 Å². The van der Waals surface area contributed by atoms with E-state index in [-0.39, 0.29) is 0 Å². The van der Waals surface area contributed by atoms with Crippen molar-refractivity contribution in [3.8, 4) is 39.1 Å². The molecule has 1 aliphatic heterocycles. The van der Waals surface area contributed by atoms with E-state index in [1.807, 2.05) is 54.6 Å². The Hall–Kier alpha value is -6.52. The fourth-order valence-electron chi connectivity index (χ4n) is 6.92. The number of aliphatic imine (C=N–C) groups is 2. The molecular formula is C47H37N3O. The standard InChI is InChI=1S/C47H37N3O/c1-2-33(21-26-39-31-51-44-19-11-18-43(45(39)44)36-14-7-4-8-15-36)47(50-46(48)37-24-22-35(23-25-37)34-12-5-3-6-13-34)49-30-32-20-27-42-40(28-32)29-38-16-9-10-17-41(38)42/h2-28H,1,29-31H2,(H2,48,49,50)/b33-21+,39-26+. The average molecular weight is 660 g/mol. The van der Waals surface area contributed by atoms with Crippen LogP contribution >= 0.6 is 0 Å². The van der Waals surface area contributed by atoms with Crippen molar-refractivity contribution in [3.05, 3.63) is 204 Å². The highest BCUT2D eigenvalue weighted by Crippen LogP contribution is 2.41. The summed E-state index contributed by atoms with van der Waals surface area (Å²) >= 11 is 0. The van der Waals surface area contributed by atoms with Gasteiger partial charge in [-0.25, -0.2) is 4.99 Å². The smallest absolute Gasteiger partial charge is 0.157 e. The van der Waals surface area contributed by atoms with Crippen LogP contribution < -0.4 is 10.5 Å². The minimum atomic E-state index is 0.388. The second-order valence-corrected chi connectivity index (χ2v) is 12.8. The minimum absolute atomic E-state index is 0.388. The molecule has 4 heteroatoms. The number of hydrogen-bond donors (Lipinski definition) is 1. The van der Waals surface area contributed by atoms with Gasteiger partial charge in [0.25, 0.3) is 0 Å². The largest absolute Gasteiger partial charge is 0.488 e. The summed E-state index contributed by atoms with van der Waals surface area (Å²) in [4.78, 5) is 10.0. The summed E-state index contributed by atoms with van der Waals surface area (Å²) < 4.78 is 6.13. The van der Waals surface area contributed by atoms with Gasteiger partial charge in [0.15, 0.2) is 5.84 Å². The lowest BCUT2D eigenvalue weighted by molar-refractivity contribution is 0.388. The van der Waals surface area contributed by atoms with Gasteiger partial charge in [-0.05, 0) is 62.6 Å². The lowest BCUT2D eigenvalue weighted by Crippen LogP contribution is -2.16. The number of benzene rings is 6. The van der Waals surface area contributed by atoms with E-state index < -0.39 is 0 Å². The summed E-state index contributed by atoms with van der Waals surface area (Å²) in [5.41, 5.74) is 21.5. The van der Waals surface area contributed by atoms with E-state index in [1.54, 1.807) is 6.08 Å². The zero-order valence-electron chi connectivity index (χ0n) is 28.3. The van der Waals surface area contributed by atoms with Crippen molar-refractivity contribution in [2.45, 2.75) is 13.0 Å². The number of allylic oxidation sites excluding steroid dienone is 2. The summed E-state index contributed by atoms with van der Waals surface area (Å²) in [6, 6.07) is 50.3. The third kappa shape index (κ3) is 6.60. The maximum absolute atomic E-state index is 6.71. The average Bonchev–Trinajstić information content (AvgIpc) is 3.78. The number of hydrogen-bond acceptors (Lipinski definition) is 2. The maximum Gasteiger partial charge on any atom is 0.157 e. The molecule has 1 aliphatic carbocycles. The molecule has 0 amide bonds. The van der Waals surface area contributed by atoms with Crippen LogP contribution in [0.25, 0.3) is 39.0 Å². The molecule has 0 unspecified atom stereocenters. The Labute approximate surface area is 299 Å². The van der Waals surface area contributed by atoms with Crippen LogP contribution in [-0.4, -0.2) is 18.3 Å². The highest BCUT2D eigenvalue weighted by atomic mass is 16.5. The summed E-state index contributed by atoms with van der Waals surface area (Å²) in [6.45, 7) is 5.10. The number of amidine groups is 2. The Morgan fingerprint density at radius 2 is 1.37 bits per heavy atom. The summed E-state index contributed by atoms with van der Waals surface area (Å²) in [5, 5.41) is 0. The zero-order valence-corrected chi connectivity index (χ0v) is 28.3. The first-order valence-electron chi connectivity index (χ1n) is 17.2. The molecule has 2 N–H and O–H groups in total. The first-order valence-corrected chi connectivity index (χ1v) is 17.2. The fraction of sp³-hybridized carbons (Fsp3) is 0.0638. The number of nitrogens with two attached hydrogens (primary N) is 1. The molecule has 0 saturated heterocycles. The predicted molar refractivity (Wildman–Crippen MR) is 212 cm³/mol. The van der Waals surface area contributed by atoms with Crippen LogP contribution in [0.1, 0.15) is 27.8 Å². The van der Waals surface area contributed by atoms with Gasteiger partial charge in [0.05, 0.1) is 6.54 Å². The zero-order chi connectivity index (χ0) is 34.6. The first kappa shape index (κ1) is 31.7. The quantitative estimate of drug-likeness (QED) is 0.100. The Morgan fingerprint density at radius 3 is 2.16 bits per heavy atom. The first-order chi connectivity index (χ1) is 25.1. The molecule has 6 aromatic rings. The van der Waals surface area contributed by atoms with E-state index in [1.165, 1.54) is 22.3 Å². The molecule has 0 atom stereocenters. The molecule has 0 aromatic heterocycles. The molecule has 0 bridgehead atoms. The molecule has 246 valence electrons. The van der Waals surface area contributed by atoms with Gasteiger partial charge in [-0.1, -0.05) is 164 Å². The van der Waals surface area contributed by atoms with Crippen LogP contribution in [0.5, 0.6) is 5.75 Å². The van der Waals surface area contributed by atoms with E-state index in [4.69, 9.17) is 20.5 Å². The lowest BCUT2D eigenvalue weighted by atomic mass is 9.95. The van der Waals surface area contributed by atoms with Crippen molar-refractivity contribution in [2.75, 3.05) is 6.61 Å². The monoisotopic (exact) mass is 659 g/mol. The number of rotatable bonds is 8. The van der Waals surface area contributed by atoms with Gasteiger partial charge in [-0.15, -0.1) is 0 Å². The lowest BCUT2D eigenvalue weighted by Gasteiger charge is -2.09. The van der Waals surface area contributed by atoms with Gasteiger partial charge in [0.1, 0.15) is 18.2 Å². The second-order valence-electron chi connectivity index (χ2n) is 12.8. The van der Waals surface area contributed by atoms with Gasteiger partial charge in [0, 0.05) is 22.3 Å². The molecule has 8 rings (SSSR count). The Balaban J connectivity index is 1.15. The second kappa shape index (κ2) is 14.1. The van der Waals surface area contributed by atoms with Gasteiger partial charge < -0.3 is 10.5 Å². The van der Waals surface area contributed by atoms with Crippen LogP contribution in [0.2, 0.25) is 0 Å². The third-order valence-electron chi connectivity index (χ3n) is 9.54. The number of fused-ring (bicyclic) bond motifs is 4. The minimum Gasteiger partial charge on any atom is -0.488 e. The highest BCUT2D eigenvalue weighted by Gasteiger charge is 2.22. The van der Waals surface area contributed by atoms with E-state index in [9.17, 15) is 0 Å². The molecular weight excluding hydrogens is 623 g/mol.